The van der Waals surface area contributed by atoms with Crippen LogP contribution in [0.3, 0.4) is 0 Å². The fourth-order valence-corrected chi connectivity index (χ4v) is 2.77. The molecule has 20 heavy (non-hydrogen) atoms. The summed E-state index contributed by atoms with van der Waals surface area (Å²) in [4.78, 5) is 0. The molecule has 0 saturated carbocycles. The average Bonchev–Trinajstić information content (AvgIpc) is 2.42. The molecule has 0 aliphatic carbocycles. The molecule has 0 aliphatic rings. The van der Waals surface area contributed by atoms with E-state index in [4.69, 9.17) is 16.3 Å². The van der Waals surface area contributed by atoms with E-state index in [0.717, 1.165) is 27.5 Å². The van der Waals surface area contributed by atoms with Gasteiger partial charge in [-0.05, 0) is 44.2 Å². The number of ether oxygens (including phenoxy) is 1. The van der Waals surface area contributed by atoms with Crippen LogP contribution >= 0.6 is 11.6 Å². The molecule has 0 radical (unpaired) electrons. The van der Waals surface area contributed by atoms with E-state index in [9.17, 15) is 0 Å². The Balaban J connectivity index is 2.54. The molecule has 1 atom stereocenters. The summed E-state index contributed by atoms with van der Waals surface area (Å²) >= 11 is 6.41. The van der Waals surface area contributed by atoms with Crippen molar-refractivity contribution < 1.29 is 4.74 Å². The Morgan fingerprint density at radius 3 is 2.25 bits per heavy atom. The predicted octanol–water partition coefficient (Wildman–Crippen LogP) is 4.27. The molecule has 0 aliphatic heterocycles. The zero-order valence-corrected chi connectivity index (χ0v) is 13.1. The van der Waals surface area contributed by atoms with Crippen LogP contribution in [0.5, 0.6) is 5.75 Å². The van der Waals surface area contributed by atoms with Crippen molar-refractivity contribution in [1.29, 1.82) is 0 Å². The lowest BCUT2D eigenvalue weighted by atomic mass is 9.95. The van der Waals surface area contributed by atoms with Gasteiger partial charge in [0.05, 0.1) is 13.2 Å². The van der Waals surface area contributed by atoms with Gasteiger partial charge >= 0.3 is 0 Å². The maximum atomic E-state index is 6.41. The van der Waals surface area contributed by atoms with Crippen LogP contribution in [0.15, 0.2) is 36.4 Å². The highest BCUT2D eigenvalue weighted by Gasteiger charge is 2.19. The Morgan fingerprint density at radius 1 is 1.00 bits per heavy atom. The highest BCUT2D eigenvalue weighted by molar-refractivity contribution is 6.31. The molecule has 2 aromatic carbocycles. The average molecular weight is 290 g/mol. The molecule has 1 unspecified atom stereocenters. The van der Waals surface area contributed by atoms with Gasteiger partial charge in [0.25, 0.3) is 0 Å². The summed E-state index contributed by atoms with van der Waals surface area (Å²) < 4.78 is 5.49. The van der Waals surface area contributed by atoms with Gasteiger partial charge in [-0.25, -0.2) is 0 Å². The van der Waals surface area contributed by atoms with Crippen molar-refractivity contribution >= 4 is 11.6 Å². The first-order valence-corrected chi connectivity index (χ1v) is 7.02. The number of methoxy groups -OCH3 is 1. The minimum atomic E-state index is 0.0120. The Kier molecular flexibility index (Phi) is 4.69. The van der Waals surface area contributed by atoms with Gasteiger partial charge in [-0.2, -0.15) is 0 Å². The summed E-state index contributed by atoms with van der Waals surface area (Å²) in [6.45, 7) is 4.11. The van der Waals surface area contributed by atoms with Crippen LogP contribution in [-0.4, -0.2) is 14.2 Å². The highest BCUT2D eigenvalue weighted by atomic mass is 35.5. The van der Waals surface area contributed by atoms with Crippen molar-refractivity contribution in [3.63, 3.8) is 0 Å². The number of benzene rings is 2. The third kappa shape index (κ3) is 2.97. The molecule has 2 nitrogen and oxygen atoms in total. The van der Waals surface area contributed by atoms with Gasteiger partial charge in [0.2, 0.25) is 0 Å². The molecular weight excluding hydrogens is 270 g/mol. The molecule has 3 heteroatoms. The van der Waals surface area contributed by atoms with Crippen LogP contribution in [0.2, 0.25) is 5.02 Å². The Morgan fingerprint density at radius 2 is 1.65 bits per heavy atom. The first kappa shape index (κ1) is 14.9. The number of nitrogens with one attached hydrogen (secondary N) is 1. The van der Waals surface area contributed by atoms with Crippen LogP contribution in [0.1, 0.15) is 28.3 Å². The molecule has 0 spiro atoms. The van der Waals surface area contributed by atoms with Crippen molar-refractivity contribution in [1.82, 2.24) is 5.32 Å². The quantitative estimate of drug-likeness (QED) is 0.907. The van der Waals surface area contributed by atoms with E-state index in [2.05, 4.69) is 30.4 Å². The van der Waals surface area contributed by atoms with E-state index >= 15 is 0 Å². The van der Waals surface area contributed by atoms with Gasteiger partial charge in [0, 0.05) is 10.6 Å². The zero-order chi connectivity index (χ0) is 14.7. The summed E-state index contributed by atoms with van der Waals surface area (Å²) in [5, 5.41) is 4.10. The summed E-state index contributed by atoms with van der Waals surface area (Å²) in [7, 11) is 3.63. The highest BCUT2D eigenvalue weighted by Crippen LogP contribution is 2.34. The first-order chi connectivity index (χ1) is 9.56. The monoisotopic (exact) mass is 289 g/mol. The van der Waals surface area contributed by atoms with Gasteiger partial charge in [-0.15, -0.1) is 0 Å². The van der Waals surface area contributed by atoms with Gasteiger partial charge < -0.3 is 10.1 Å². The molecule has 2 rings (SSSR count). The van der Waals surface area contributed by atoms with Gasteiger partial charge in [0.15, 0.2) is 0 Å². The van der Waals surface area contributed by atoms with E-state index in [1.165, 1.54) is 5.56 Å². The second-order valence-electron chi connectivity index (χ2n) is 4.99. The molecule has 0 saturated heterocycles. The maximum absolute atomic E-state index is 6.41. The van der Waals surface area contributed by atoms with Gasteiger partial charge in [-0.3, -0.25) is 0 Å². The van der Waals surface area contributed by atoms with E-state index in [1.54, 1.807) is 7.11 Å². The summed E-state index contributed by atoms with van der Waals surface area (Å²) in [6.07, 6.45) is 0. The largest absolute Gasteiger partial charge is 0.496 e. The molecule has 0 aromatic heterocycles. The number of hydrogen-bond donors (Lipinski definition) is 1. The smallest absolute Gasteiger partial charge is 0.124 e. The standard InChI is InChI=1S/C17H20ClNO/c1-11-6-8-16(20-4)14(9-11)17(19-3)13-7-5-12(2)10-15(13)18/h5-10,17,19H,1-4H3. The minimum absolute atomic E-state index is 0.0120. The minimum Gasteiger partial charge on any atom is -0.496 e. The lowest BCUT2D eigenvalue weighted by Gasteiger charge is -2.21. The van der Waals surface area contributed by atoms with E-state index in [1.807, 2.05) is 32.2 Å². The van der Waals surface area contributed by atoms with Crippen LogP contribution in [0, 0.1) is 13.8 Å². The molecular formula is C17H20ClNO. The maximum Gasteiger partial charge on any atom is 0.124 e. The number of hydrogen-bond acceptors (Lipinski definition) is 2. The van der Waals surface area contributed by atoms with Crippen LogP contribution < -0.4 is 10.1 Å². The SMILES string of the molecule is CNC(c1ccc(C)cc1Cl)c1cc(C)ccc1OC. The fourth-order valence-electron chi connectivity index (χ4n) is 2.42. The number of aryl methyl sites for hydroxylation is 2. The second-order valence-corrected chi connectivity index (χ2v) is 5.40. The third-order valence-corrected chi connectivity index (χ3v) is 3.78. The van der Waals surface area contributed by atoms with Gasteiger partial charge in [0.1, 0.15) is 5.75 Å². The molecule has 0 amide bonds. The summed E-state index contributed by atoms with van der Waals surface area (Å²) in [5.41, 5.74) is 4.51. The second kappa shape index (κ2) is 6.29. The number of rotatable bonds is 4. The van der Waals surface area contributed by atoms with E-state index in [-0.39, 0.29) is 6.04 Å². The Labute approximate surface area is 125 Å². The van der Waals surface area contributed by atoms with Crippen LogP contribution in [0.4, 0.5) is 0 Å². The van der Waals surface area contributed by atoms with Crippen molar-refractivity contribution in [2.24, 2.45) is 0 Å². The fraction of sp³-hybridized carbons (Fsp3) is 0.294. The lowest BCUT2D eigenvalue weighted by Crippen LogP contribution is -2.19. The molecule has 106 valence electrons. The van der Waals surface area contributed by atoms with E-state index in [0.29, 0.717) is 0 Å². The zero-order valence-electron chi connectivity index (χ0n) is 12.3. The Hall–Kier alpha value is -1.51. The molecule has 0 bridgehead atoms. The first-order valence-electron chi connectivity index (χ1n) is 6.64. The summed E-state index contributed by atoms with van der Waals surface area (Å²) in [5.74, 6) is 0.867. The van der Waals surface area contributed by atoms with Crippen molar-refractivity contribution in [3.05, 3.63) is 63.7 Å². The van der Waals surface area contributed by atoms with E-state index < -0.39 is 0 Å². The molecule has 0 fully saturated rings. The summed E-state index contributed by atoms with van der Waals surface area (Å²) in [6, 6.07) is 12.3. The normalized spacial score (nSPS) is 12.2. The van der Waals surface area contributed by atoms with Crippen molar-refractivity contribution in [3.8, 4) is 5.75 Å². The van der Waals surface area contributed by atoms with Crippen molar-refractivity contribution in [2.75, 3.05) is 14.2 Å². The van der Waals surface area contributed by atoms with Gasteiger partial charge in [-0.1, -0.05) is 41.4 Å². The molecule has 1 N–H and O–H groups in total. The number of halogens is 1. The van der Waals surface area contributed by atoms with Crippen LogP contribution in [0.25, 0.3) is 0 Å². The third-order valence-electron chi connectivity index (χ3n) is 3.45. The molecule has 2 aromatic rings. The topological polar surface area (TPSA) is 21.3 Å². The predicted molar refractivity (Wildman–Crippen MR) is 84.8 cm³/mol. The lowest BCUT2D eigenvalue weighted by molar-refractivity contribution is 0.405. The Bertz CT molecular complexity index is 610. The van der Waals surface area contributed by atoms with Crippen LogP contribution in [-0.2, 0) is 0 Å². The van der Waals surface area contributed by atoms with Crippen molar-refractivity contribution in [2.45, 2.75) is 19.9 Å². The molecule has 0 heterocycles.